The molecule has 2 aromatic rings. The number of halogens is 2. The Hall–Kier alpha value is -1.76. The second-order valence-electron chi connectivity index (χ2n) is 5.57. The Balaban J connectivity index is 1.98. The minimum absolute atomic E-state index is 0.0618. The van der Waals surface area contributed by atoms with E-state index in [1.165, 1.54) is 29.2 Å². The third-order valence-electron chi connectivity index (χ3n) is 4.01. The van der Waals surface area contributed by atoms with Crippen LogP contribution in [0, 0.1) is 0 Å². The minimum atomic E-state index is -3.84. The number of carbonyl (C=O) groups excluding carboxylic acids is 1. The summed E-state index contributed by atoms with van der Waals surface area (Å²) in [5.74, 6) is -0.437. The van der Waals surface area contributed by atoms with Gasteiger partial charge in [0.25, 0.3) is 10.0 Å². The van der Waals surface area contributed by atoms with E-state index in [0.717, 1.165) is 5.69 Å². The molecule has 1 aliphatic rings. The van der Waals surface area contributed by atoms with E-state index in [4.69, 9.17) is 23.2 Å². The van der Waals surface area contributed by atoms with Crippen molar-refractivity contribution in [1.82, 2.24) is 0 Å². The van der Waals surface area contributed by atoms with Gasteiger partial charge in [0.15, 0.2) is 0 Å². The third kappa shape index (κ3) is 2.85. The average molecular weight is 385 g/mol. The molecule has 8 heteroatoms. The molecule has 5 nitrogen and oxygen atoms in total. The fraction of sp³-hybridized carbons (Fsp3) is 0.188. The van der Waals surface area contributed by atoms with E-state index in [1.54, 1.807) is 26.1 Å². The molecule has 0 spiro atoms. The lowest BCUT2D eigenvalue weighted by atomic mass is 10.0. The fourth-order valence-corrected chi connectivity index (χ4v) is 4.30. The maximum absolute atomic E-state index is 12.6. The predicted octanol–water partition coefficient (Wildman–Crippen LogP) is 3.87. The van der Waals surface area contributed by atoms with Gasteiger partial charge in [-0.1, -0.05) is 23.2 Å². The first-order valence-corrected chi connectivity index (χ1v) is 9.34. The molecule has 3 rings (SSSR count). The average Bonchev–Trinajstić information content (AvgIpc) is 2.74. The van der Waals surface area contributed by atoms with Gasteiger partial charge in [-0.2, -0.15) is 0 Å². The number of nitrogens with one attached hydrogen (secondary N) is 1. The number of carbonyl (C=O) groups is 1. The van der Waals surface area contributed by atoms with Gasteiger partial charge in [0.2, 0.25) is 5.91 Å². The zero-order valence-corrected chi connectivity index (χ0v) is 15.2. The summed E-state index contributed by atoms with van der Waals surface area (Å²) in [5.41, 5.74) is 1.64. The molecule has 1 aliphatic heterocycles. The van der Waals surface area contributed by atoms with Crippen LogP contribution in [0.2, 0.25) is 10.0 Å². The molecule has 0 saturated heterocycles. The second-order valence-corrected chi connectivity index (χ2v) is 8.10. The fourth-order valence-electron chi connectivity index (χ4n) is 2.67. The first kappa shape index (κ1) is 17.1. The molecule has 24 heavy (non-hydrogen) atoms. The standard InChI is InChI=1S/C16H14Cl2N2O3S/c1-9-12-8-11(4-6-15(12)20(2)16(9)21)24(22,23)19-14-5-3-10(17)7-13(14)18/h3-9,19H,1-2H3/t9-/m0/s1. The summed E-state index contributed by atoms with van der Waals surface area (Å²) in [7, 11) is -2.16. The van der Waals surface area contributed by atoms with E-state index in [1.807, 2.05) is 0 Å². The largest absolute Gasteiger partial charge is 0.315 e. The van der Waals surface area contributed by atoms with E-state index in [-0.39, 0.29) is 27.4 Å². The van der Waals surface area contributed by atoms with Crippen LogP contribution in [-0.2, 0) is 14.8 Å². The molecule has 1 heterocycles. The van der Waals surface area contributed by atoms with E-state index in [0.29, 0.717) is 10.6 Å². The van der Waals surface area contributed by atoms with Crippen LogP contribution >= 0.6 is 23.2 Å². The highest BCUT2D eigenvalue weighted by Gasteiger charge is 2.33. The maximum atomic E-state index is 12.6. The lowest BCUT2D eigenvalue weighted by Crippen LogP contribution is -2.22. The Bertz CT molecular complexity index is 944. The normalized spacial score (nSPS) is 17.1. The molecule has 0 unspecified atom stereocenters. The Kier molecular flexibility index (Phi) is 4.23. The first-order chi connectivity index (χ1) is 11.2. The molecule has 0 bridgehead atoms. The number of likely N-dealkylation sites (N-methyl/N-ethyl adjacent to an activating group) is 1. The van der Waals surface area contributed by atoms with Gasteiger partial charge in [0, 0.05) is 17.8 Å². The SMILES string of the molecule is C[C@@H]1C(=O)N(C)c2ccc(S(=O)(=O)Nc3ccc(Cl)cc3Cl)cc21. The minimum Gasteiger partial charge on any atom is -0.315 e. The molecular weight excluding hydrogens is 371 g/mol. The van der Waals surface area contributed by atoms with Crippen molar-refractivity contribution >= 4 is 50.5 Å². The van der Waals surface area contributed by atoms with Gasteiger partial charge in [-0.05, 0) is 48.9 Å². The van der Waals surface area contributed by atoms with Gasteiger partial charge in [-0.25, -0.2) is 8.42 Å². The van der Waals surface area contributed by atoms with Crippen LogP contribution in [0.1, 0.15) is 18.4 Å². The van der Waals surface area contributed by atoms with Gasteiger partial charge in [0.05, 0.1) is 21.5 Å². The molecule has 0 aromatic heterocycles. The Labute approximate surface area is 150 Å². The quantitative estimate of drug-likeness (QED) is 0.872. The number of hydrogen-bond donors (Lipinski definition) is 1. The number of hydrogen-bond acceptors (Lipinski definition) is 3. The number of anilines is 2. The van der Waals surface area contributed by atoms with Crippen LogP contribution in [-0.4, -0.2) is 21.4 Å². The topological polar surface area (TPSA) is 66.5 Å². The number of amides is 1. The summed E-state index contributed by atoms with van der Waals surface area (Å²) in [6, 6.07) is 9.12. The second kappa shape index (κ2) is 5.95. The van der Waals surface area contributed by atoms with Crippen molar-refractivity contribution in [2.45, 2.75) is 17.7 Å². The summed E-state index contributed by atoms with van der Waals surface area (Å²) in [6.07, 6.45) is 0. The molecule has 0 fully saturated rings. The molecule has 1 amide bonds. The van der Waals surface area contributed by atoms with Gasteiger partial charge >= 0.3 is 0 Å². The Morgan fingerprint density at radius 2 is 1.83 bits per heavy atom. The van der Waals surface area contributed by atoms with Crippen LogP contribution in [0.25, 0.3) is 0 Å². The van der Waals surface area contributed by atoms with Crippen molar-refractivity contribution in [2.24, 2.45) is 0 Å². The van der Waals surface area contributed by atoms with E-state index < -0.39 is 10.0 Å². The zero-order valence-electron chi connectivity index (χ0n) is 12.9. The van der Waals surface area contributed by atoms with E-state index >= 15 is 0 Å². The van der Waals surface area contributed by atoms with Gasteiger partial charge in [0.1, 0.15) is 0 Å². The number of nitrogens with zero attached hydrogens (tertiary/aromatic N) is 1. The summed E-state index contributed by atoms with van der Waals surface area (Å²) < 4.78 is 27.7. The first-order valence-electron chi connectivity index (χ1n) is 7.10. The van der Waals surface area contributed by atoms with Crippen LogP contribution in [0.15, 0.2) is 41.3 Å². The monoisotopic (exact) mass is 384 g/mol. The molecule has 2 aromatic carbocycles. The van der Waals surface area contributed by atoms with Crippen LogP contribution < -0.4 is 9.62 Å². The van der Waals surface area contributed by atoms with Crippen LogP contribution in [0.5, 0.6) is 0 Å². The van der Waals surface area contributed by atoms with Crippen molar-refractivity contribution in [1.29, 1.82) is 0 Å². The number of rotatable bonds is 3. The van der Waals surface area contributed by atoms with Crippen molar-refractivity contribution < 1.29 is 13.2 Å². The highest BCUT2D eigenvalue weighted by molar-refractivity contribution is 7.92. The van der Waals surface area contributed by atoms with Crippen LogP contribution in [0.3, 0.4) is 0 Å². The summed E-state index contributed by atoms with van der Waals surface area (Å²) in [4.78, 5) is 13.6. The van der Waals surface area contributed by atoms with Crippen LogP contribution in [0.4, 0.5) is 11.4 Å². The van der Waals surface area contributed by atoms with Gasteiger partial charge in [-0.3, -0.25) is 9.52 Å². The molecule has 0 saturated carbocycles. The number of sulfonamides is 1. The Morgan fingerprint density at radius 1 is 1.12 bits per heavy atom. The van der Waals surface area contributed by atoms with Crippen molar-refractivity contribution in [2.75, 3.05) is 16.7 Å². The molecule has 1 N–H and O–H groups in total. The summed E-state index contributed by atoms with van der Waals surface area (Å²) in [5, 5.41) is 0.617. The summed E-state index contributed by atoms with van der Waals surface area (Å²) >= 11 is 11.8. The smallest absolute Gasteiger partial charge is 0.261 e. The highest BCUT2D eigenvalue weighted by Crippen LogP contribution is 2.37. The van der Waals surface area contributed by atoms with Gasteiger partial charge in [-0.15, -0.1) is 0 Å². The third-order valence-corrected chi connectivity index (χ3v) is 5.92. The van der Waals surface area contributed by atoms with Crippen molar-refractivity contribution in [3.63, 3.8) is 0 Å². The molecule has 1 atom stereocenters. The molecule has 0 aliphatic carbocycles. The predicted molar refractivity (Wildman–Crippen MR) is 95.5 cm³/mol. The summed E-state index contributed by atoms with van der Waals surface area (Å²) in [6.45, 7) is 1.75. The lowest BCUT2D eigenvalue weighted by Gasteiger charge is -2.12. The number of fused-ring (bicyclic) bond motifs is 1. The van der Waals surface area contributed by atoms with Crippen molar-refractivity contribution in [3.8, 4) is 0 Å². The number of benzene rings is 2. The highest BCUT2D eigenvalue weighted by atomic mass is 35.5. The molecule has 0 radical (unpaired) electrons. The van der Waals surface area contributed by atoms with E-state index in [2.05, 4.69) is 4.72 Å². The van der Waals surface area contributed by atoms with Gasteiger partial charge < -0.3 is 4.90 Å². The Morgan fingerprint density at radius 3 is 2.50 bits per heavy atom. The molecular formula is C16H14Cl2N2O3S. The van der Waals surface area contributed by atoms with E-state index in [9.17, 15) is 13.2 Å². The maximum Gasteiger partial charge on any atom is 0.261 e. The molecule has 126 valence electrons. The lowest BCUT2D eigenvalue weighted by molar-refractivity contribution is -0.118. The zero-order chi connectivity index (χ0) is 17.6. The van der Waals surface area contributed by atoms with Crippen molar-refractivity contribution in [3.05, 3.63) is 52.0 Å².